The maximum atomic E-state index is 6.64. The van der Waals surface area contributed by atoms with E-state index >= 15 is 0 Å². The van der Waals surface area contributed by atoms with E-state index in [0.29, 0.717) is 5.92 Å². The van der Waals surface area contributed by atoms with Crippen LogP contribution in [0.2, 0.25) is 5.02 Å². The minimum absolute atomic E-state index is 0.417. The van der Waals surface area contributed by atoms with Crippen molar-refractivity contribution >= 4 is 22.5 Å². The Morgan fingerprint density at radius 2 is 1.89 bits per heavy atom. The van der Waals surface area contributed by atoms with Crippen LogP contribution in [0.15, 0.2) is 12.1 Å². The van der Waals surface area contributed by atoms with Gasteiger partial charge in [-0.05, 0) is 55.2 Å². The summed E-state index contributed by atoms with van der Waals surface area (Å²) in [6, 6.07) is 4.42. The first kappa shape index (κ1) is 12.9. The molecule has 0 saturated carbocycles. The van der Waals surface area contributed by atoms with Crippen LogP contribution in [0.1, 0.15) is 55.0 Å². The van der Waals surface area contributed by atoms with Crippen molar-refractivity contribution in [3.05, 3.63) is 39.5 Å². The highest BCUT2D eigenvalue weighted by Crippen LogP contribution is 2.36. The van der Waals surface area contributed by atoms with Gasteiger partial charge in [-0.3, -0.25) is 4.98 Å². The maximum Gasteiger partial charge on any atom is 0.0755 e. The highest BCUT2D eigenvalue weighted by molar-refractivity contribution is 6.36. The molecule has 0 amide bonds. The molecule has 2 aromatic rings. The van der Waals surface area contributed by atoms with Gasteiger partial charge in [-0.1, -0.05) is 37.6 Å². The van der Waals surface area contributed by atoms with Crippen LogP contribution in [0.4, 0.5) is 0 Å². The van der Waals surface area contributed by atoms with Crippen molar-refractivity contribution in [3.8, 4) is 0 Å². The highest BCUT2D eigenvalue weighted by Gasteiger charge is 2.19. The second-order valence-electron chi connectivity index (χ2n) is 5.89. The minimum Gasteiger partial charge on any atom is -0.252 e. The number of hydrogen-bond donors (Lipinski definition) is 0. The lowest BCUT2D eigenvalue weighted by Crippen LogP contribution is -2.06. The average molecular weight is 274 g/mol. The van der Waals surface area contributed by atoms with E-state index in [-0.39, 0.29) is 0 Å². The molecule has 0 radical (unpaired) electrons. The molecule has 0 fully saturated rings. The smallest absolute Gasteiger partial charge is 0.0755 e. The summed E-state index contributed by atoms with van der Waals surface area (Å²) in [6.07, 6.45) is 4.91. The number of nitrogens with zero attached hydrogens (tertiary/aromatic N) is 1. The number of benzene rings is 1. The van der Waals surface area contributed by atoms with Crippen molar-refractivity contribution in [1.29, 1.82) is 0 Å². The van der Waals surface area contributed by atoms with Crippen LogP contribution in [-0.2, 0) is 12.8 Å². The Labute approximate surface area is 120 Å². The molecule has 0 atom stereocenters. The summed E-state index contributed by atoms with van der Waals surface area (Å²) in [6.45, 7) is 6.45. The molecule has 0 N–H and O–H groups in total. The molecule has 19 heavy (non-hydrogen) atoms. The van der Waals surface area contributed by atoms with E-state index < -0.39 is 0 Å². The number of fused-ring (bicyclic) bond motifs is 3. The summed E-state index contributed by atoms with van der Waals surface area (Å²) in [5, 5.41) is 2.04. The van der Waals surface area contributed by atoms with Crippen LogP contribution in [-0.4, -0.2) is 4.98 Å². The fourth-order valence-electron chi connectivity index (χ4n) is 3.32. The Morgan fingerprint density at radius 1 is 1.16 bits per heavy atom. The fourth-order valence-corrected chi connectivity index (χ4v) is 3.82. The molecule has 0 saturated heterocycles. The molecule has 2 heteroatoms. The van der Waals surface area contributed by atoms with Crippen molar-refractivity contribution in [1.82, 2.24) is 4.98 Å². The molecule has 0 spiro atoms. The van der Waals surface area contributed by atoms with Gasteiger partial charge >= 0.3 is 0 Å². The van der Waals surface area contributed by atoms with Crippen molar-refractivity contribution < 1.29 is 0 Å². The predicted molar refractivity (Wildman–Crippen MR) is 82.2 cm³/mol. The number of aryl methyl sites for hydroxylation is 3. The van der Waals surface area contributed by atoms with Gasteiger partial charge in [0.2, 0.25) is 0 Å². The Bertz CT molecular complexity index is 643. The zero-order valence-electron chi connectivity index (χ0n) is 11.9. The lowest BCUT2D eigenvalue weighted by Gasteiger charge is -2.20. The van der Waals surface area contributed by atoms with Gasteiger partial charge in [0.15, 0.2) is 0 Å². The molecule has 0 aliphatic heterocycles. The lowest BCUT2D eigenvalue weighted by molar-refractivity contribution is 0.688. The van der Waals surface area contributed by atoms with Gasteiger partial charge in [0, 0.05) is 11.1 Å². The Morgan fingerprint density at radius 3 is 2.63 bits per heavy atom. The highest BCUT2D eigenvalue weighted by atomic mass is 35.5. The molecule has 1 aromatic carbocycles. The molecule has 1 aliphatic carbocycles. The van der Waals surface area contributed by atoms with Crippen molar-refractivity contribution in [2.75, 3.05) is 0 Å². The van der Waals surface area contributed by atoms with E-state index in [0.717, 1.165) is 28.0 Å². The van der Waals surface area contributed by atoms with Crippen LogP contribution in [0.25, 0.3) is 10.9 Å². The molecule has 1 heterocycles. The molecule has 0 bridgehead atoms. The topological polar surface area (TPSA) is 12.9 Å². The molecule has 1 aliphatic rings. The van der Waals surface area contributed by atoms with Crippen molar-refractivity contribution in [2.45, 2.75) is 52.4 Å². The first-order chi connectivity index (χ1) is 9.09. The number of hydrogen-bond acceptors (Lipinski definition) is 1. The first-order valence-electron chi connectivity index (χ1n) is 7.20. The van der Waals surface area contributed by atoms with E-state index in [1.807, 2.05) is 0 Å². The summed E-state index contributed by atoms with van der Waals surface area (Å²) in [5.41, 5.74) is 6.34. The minimum atomic E-state index is 0.417. The van der Waals surface area contributed by atoms with Crippen LogP contribution in [0, 0.1) is 6.92 Å². The predicted octanol–water partition coefficient (Wildman–Crippen LogP) is 5.20. The summed E-state index contributed by atoms with van der Waals surface area (Å²) in [5.74, 6) is 0.417. The molecule has 3 rings (SSSR count). The third-order valence-electron chi connectivity index (χ3n) is 4.22. The Kier molecular flexibility index (Phi) is 3.26. The monoisotopic (exact) mass is 273 g/mol. The van der Waals surface area contributed by atoms with Crippen LogP contribution < -0.4 is 0 Å². The van der Waals surface area contributed by atoms with Crippen LogP contribution >= 0.6 is 11.6 Å². The van der Waals surface area contributed by atoms with Gasteiger partial charge in [0.1, 0.15) is 0 Å². The zero-order chi connectivity index (χ0) is 13.6. The molecular weight excluding hydrogens is 254 g/mol. The molecule has 100 valence electrons. The summed E-state index contributed by atoms with van der Waals surface area (Å²) >= 11 is 6.64. The van der Waals surface area contributed by atoms with E-state index in [2.05, 4.69) is 32.9 Å². The summed E-state index contributed by atoms with van der Waals surface area (Å²) in [4.78, 5) is 4.89. The summed E-state index contributed by atoms with van der Waals surface area (Å²) < 4.78 is 0. The van der Waals surface area contributed by atoms with E-state index in [4.69, 9.17) is 16.6 Å². The first-order valence-corrected chi connectivity index (χ1v) is 7.58. The zero-order valence-corrected chi connectivity index (χ0v) is 12.6. The molecule has 0 unspecified atom stereocenters. The average Bonchev–Trinajstić information content (AvgIpc) is 2.38. The SMILES string of the molecule is Cc1nc2c3c(ccc2c(Cl)c1C(C)C)CCCC3. The summed E-state index contributed by atoms with van der Waals surface area (Å²) in [7, 11) is 0. The fraction of sp³-hybridized carbons (Fsp3) is 0.471. The quantitative estimate of drug-likeness (QED) is 0.696. The number of pyridine rings is 1. The largest absolute Gasteiger partial charge is 0.252 e. The number of aromatic nitrogens is 1. The molecular formula is C17H20ClN. The van der Waals surface area contributed by atoms with Crippen molar-refractivity contribution in [2.24, 2.45) is 0 Å². The Hall–Kier alpha value is -1.08. The lowest BCUT2D eigenvalue weighted by atomic mass is 9.88. The standard InChI is InChI=1S/C17H20ClN/c1-10(2)15-11(3)19-17-13-7-5-4-6-12(13)8-9-14(17)16(15)18/h8-10H,4-7H2,1-3H3. The van der Waals surface area contributed by atoms with Gasteiger partial charge in [-0.2, -0.15) is 0 Å². The van der Waals surface area contributed by atoms with E-state index in [1.54, 1.807) is 0 Å². The maximum absolute atomic E-state index is 6.64. The number of halogens is 1. The van der Waals surface area contributed by atoms with E-state index in [9.17, 15) is 0 Å². The third-order valence-corrected chi connectivity index (χ3v) is 4.63. The van der Waals surface area contributed by atoms with Gasteiger partial charge in [0.05, 0.1) is 10.5 Å². The Balaban J connectivity index is 2.35. The normalized spacial score (nSPS) is 15.0. The third kappa shape index (κ3) is 2.04. The van der Waals surface area contributed by atoms with E-state index in [1.165, 1.54) is 36.0 Å². The van der Waals surface area contributed by atoms with Gasteiger partial charge in [-0.25, -0.2) is 0 Å². The second-order valence-corrected chi connectivity index (χ2v) is 6.26. The second kappa shape index (κ2) is 4.79. The van der Waals surface area contributed by atoms with Crippen LogP contribution in [0.5, 0.6) is 0 Å². The molecule has 1 aromatic heterocycles. The van der Waals surface area contributed by atoms with Crippen molar-refractivity contribution in [3.63, 3.8) is 0 Å². The van der Waals surface area contributed by atoms with Gasteiger partial charge in [-0.15, -0.1) is 0 Å². The van der Waals surface area contributed by atoms with Gasteiger partial charge in [0.25, 0.3) is 0 Å². The van der Waals surface area contributed by atoms with Crippen LogP contribution in [0.3, 0.4) is 0 Å². The molecule has 1 nitrogen and oxygen atoms in total. The van der Waals surface area contributed by atoms with Gasteiger partial charge < -0.3 is 0 Å². The number of rotatable bonds is 1.